The Balaban J connectivity index is 1.91. The quantitative estimate of drug-likeness (QED) is 0.789. The van der Waals surface area contributed by atoms with Crippen LogP contribution in [0.2, 0.25) is 0 Å². The van der Waals surface area contributed by atoms with Crippen molar-refractivity contribution in [3.63, 3.8) is 0 Å². The van der Waals surface area contributed by atoms with Crippen molar-refractivity contribution < 1.29 is 14.9 Å². The van der Waals surface area contributed by atoms with Crippen LogP contribution in [-0.4, -0.2) is 59.7 Å². The molecule has 2 aliphatic rings. The first-order valence-electron chi connectivity index (χ1n) is 7.16. The molecule has 0 radical (unpaired) electrons. The molecule has 106 valence electrons. The number of β-amino-alcohol motifs (C(OH)–C–C–N with tert-alkyl or cyclic N) is 1. The Labute approximate surface area is 110 Å². The molecule has 2 N–H and O–H groups in total. The molecular weight excluding hydrogens is 230 g/mol. The molecule has 0 bridgehead atoms. The Kier molecular flexibility index (Phi) is 4.64. The monoisotopic (exact) mass is 257 g/mol. The molecule has 4 heteroatoms. The van der Waals surface area contributed by atoms with E-state index in [1.54, 1.807) is 7.11 Å². The predicted octanol–water partition coefficient (Wildman–Crippen LogP) is 1.01. The number of likely N-dealkylation sites (tertiary alicyclic amines) is 1. The van der Waals surface area contributed by atoms with Gasteiger partial charge < -0.3 is 14.9 Å². The van der Waals surface area contributed by atoms with Gasteiger partial charge in [-0.25, -0.2) is 0 Å². The lowest BCUT2D eigenvalue weighted by Crippen LogP contribution is -2.48. The molecule has 1 saturated carbocycles. The van der Waals surface area contributed by atoms with Crippen LogP contribution in [-0.2, 0) is 4.74 Å². The van der Waals surface area contributed by atoms with Gasteiger partial charge in [0.15, 0.2) is 0 Å². The fourth-order valence-electron chi connectivity index (χ4n) is 3.33. The van der Waals surface area contributed by atoms with Gasteiger partial charge in [0, 0.05) is 26.2 Å². The summed E-state index contributed by atoms with van der Waals surface area (Å²) in [5, 5.41) is 20.1. The third-order valence-electron chi connectivity index (χ3n) is 4.74. The minimum Gasteiger partial charge on any atom is -0.395 e. The number of methoxy groups -OCH3 is 1. The number of hydrogen-bond acceptors (Lipinski definition) is 4. The van der Waals surface area contributed by atoms with Crippen LogP contribution in [0.4, 0.5) is 0 Å². The Morgan fingerprint density at radius 3 is 2.56 bits per heavy atom. The van der Waals surface area contributed by atoms with Crippen molar-refractivity contribution in [3.8, 4) is 0 Å². The molecular formula is C14H27NO3. The van der Waals surface area contributed by atoms with Crippen LogP contribution in [0.5, 0.6) is 0 Å². The lowest BCUT2D eigenvalue weighted by atomic mass is 9.79. The van der Waals surface area contributed by atoms with Crippen LogP contribution in [0, 0.1) is 5.92 Å². The molecule has 1 heterocycles. The minimum atomic E-state index is -0.553. The molecule has 0 spiro atoms. The second-order valence-electron chi connectivity index (χ2n) is 6.27. The van der Waals surface area contributed by atoms with E-state index in [4.69, 9.17) is 4.74 Å². The molecule has 1 saturated heterocycles. The van der Waals surface area contributed by atoms with Gasteiger partial charge in [0.05, 0.1) is 18.3 Å². The maximum Gasteiger partial charge on any atom is 0.0774 e. The first-order chi connectivity index (χ1) is 8.56. The molecule has 0 aromatic carbocycles. The third-order valence-corrected chi connectivity index (χ3v) is 4.74. The summed E-state index contributed by atoms with van der Waals surface area (Å²) in [6.07, 6.45) is 5.08. The van der Waals surface area contributed by atoms with Crippen molar-refractivity contribution in [1.82, 2.24) is 4.90 Å². The smallest absolute Gasteiger partial charge is 0.0774 e. The van der Waals surface area contributed by atoms with Crippen molar-refractivity contribution in [1.29, 1.82) is 0 Å². The second kappa shape index (κ2) is 5.87. The van der Waals surface area contributed by atoms with Crippen molar-refractivity contribution in [2.24, 2.45) is 5.92 Å². The van der Waals surface area contributed by atoms with E-state index >= 15 is 0 Å². The average Bonchev–Trinajstić information content (AvgIpc) is 2.75. The topological polar surface area (TPSA) is 52.9 Å². The third kappa shape index (κ3) is 3.23. The zero-order valence-electron chi connectivity index (χ0n) is 11.6. The van der Waals surface area contributed by atoms with Gasteiger partial charge in [-0.05, 0) is 38.0 Å². The number of aliphatic hydroxyl groups is 2. The lowest BCUT2D eigenvalue weighted by molar-refractivity contribution is -0.0427. The first-order valence-corrected chi connectivity index (χ1v) is 7.16. The Bertz CT molecular complexity index is 264. The highest BCUT2D eigenvalue weighted by atomic mass is 16.5. The normalized spacial score (nSPS) is 42.3. The average molecular weight is 257 g/mol. The van der Waals surface area contributed by atoms with Crippen LogP contribution in [0.3, 0.4) is 0 Å². The Hall–Kier alpha value is -0.160. The van der Waals surface area contributed by atoms with E-state index < -0.39 is 5.60 Å². The molecule has 2 rings (SSSR count). The molecule has 0 aromatic rings. The summed E-state index contributed by atoms with van der Waals surface area (Å²) in [4.78, 5) is 2.21. The standard InChI is InChI=1S/C14H27NO3/c1-11-3-5-14(17,6-4-11)10-15-8-13(18-2)7-12(15)9-16/h11-13,16-17H,3-10H2,1-2H3/t11?,12-,13+,14?/m0/s1. The summed E-state index contributed by atoms with van der Waals surface area (Å²) in [6.45, 7) is 3.93. The number of aliphatic hydroxyl groups excluding tert-OH is 1. The molecule has 1 aliphatic heterocycles. The lowest BCUT2D eigenvalue weighted by Gasteiger charge is -2.39. The fraction of sp³-hybridized carbons (Fsp3) is 1.00. The highest BCUT2D eigenvalue weighted by Gasteiger charge is 2.39. The summed E-state index contributed by atoms with van der Waals surface area (Å²) < 4.78 is 5.38. The van der Waals surface area contributed by atoms with Crippen molar-refractivity contribution in [2.45, 2.75) is 56.8 Å². The molecule has 0 unspecified atom stereocenters. The number of rotatable bonds is 4. The Morgan fingerprint density at radius 1 is 1.33 bits per heavy atom. The summed E-state index contributed by atoms with van der Waals surface area (Å²) in [6, 6.07) is 0.151. The zero-order valence-corrected chi connectivity index (χ0v) is 11.6. The van der Waals surface area contributed by atoms with E-state index in [0.717, 1.165) is 44.6 Å². The van der Waals surface area contributed by atoms with E-state index in [1.165, 1.54) is 0 Å². The minimum absolute atomic E-state index is 0.151. The van der Waals surface area contributed by atoms with Gasteiger partial charge in [0.25, 0.3) is 0 Å². The van der Waals surface area contributed by atoms with E-state index in [-0.39, 0.29) is 18.8 Å². The van der Waals surface area contributed by atoms with E-state index in [1.807, 2.05) is 0 Å². The van der Waals surface area contributed by atoms with Gasteiger partial charge in [-0.1, -0.05) is 6.92 Å². The molecule has 18 heavy (non-hydrogen) atoms. The number of nitrogens with zero attached hydrogens (tertiary/aromatic N) is 1. The van der Waals surface area contributed by atoms with Crippen LogP contribution in [0.1, 0.15) is 39.0 Å². The van der Waals surface area contributed by atoms with Crippen LogP contribution in [0.15, 0.2) is 0 Å². The summed E-state index contributed by atoms with van der Waals surface area (Å²) in [5.74, 6) is 0.740. The fourth-order valence-corrected chi connectivity index (χ4v) is 3.33. The van der Waals surface area contributed by atoms with Crippen molar-refractivity contribution >= 4 is 0 Å². The summed E-state index contributed by atoms with van der Waals surface area (Å²) in [5.41, 5.74) is -0.553. The van der Waals surface area contributed by atoms with E-state index in [2.05, 4.69) is 11.8 Å². The van der Waals surface area contributed by atoms with Crippen LogP contribution < -0.4 is 0 Å². The Morgan fingerprint density at radius 2 is 2.00 bits per heavy atom. The SMILES string of the molecule is CO[C@@H]1C[C@@H](CO)N(CC2(O)CCC(C)CC2)C1. The van der Waals surface area contributed by atoms with Gasteiger partial charge in [-0.2, -0.15) is 0 Å². The second-order valence-corrected chi connectivity index (χ2v) is 6.27. The first kappa shape index (κ1) is 14.3. The van der Waals surface area contributed by atoms with Gasteiger partial charge >= 0.3 is 0 Å². The van der Waals surface area contributed by atoms with Crippen molar-refractivity contribution in [3.05, 3.63) is 0 Å². The highest BCUT2D eigenvalue weighted by molar-refractivity contribution is 4.93. The van der Waals surface area contributed by atoms with Gasteiger partial charge in [-0.3, -0.25) is 4.90 Å². The molecule has 2 atom stereocenters. The number of hydrogen-bond donors (Lipinski definition) is 2. The van der Waals surface area contributed by atoms with Gasteiger partial charge in [0.2, 0.25) is 0 Å². The van der Waals surface area contributed by atoms with Crippen LogP contribution in [0.25, 0.3) is 0 Å². The maximum atomic E-state index is 10.7. The van der Waals surface area contributed by atoms with Crippen LogP contribution >= 0.6 is 0 Å². The highest BCUT2D eigenvalue weighted by Crippen LogP contribution is 2.34. The largest absolute Gasteiger partial charge is 0.395 e. The number of ether oxygens (including phenoxy) is 1. The maximum absolute atomic E-state index is 10.7. The van der Waals surface area contributed by atoms with Crippen molar-refractivity contribution in [2.75, 3.05) is 26.8 Å². The molecule has 0 amide bonds. The van der Waals surface area contributed by atoms with E-state index in [9.17, 15) is 10.2 Å². The van der Waals surface area contributed by atoms with E-state index in [0.29, 0.717) is 6.54 Å². The molecule has 4 nitrogen and oxygen atoms in total. The molecule has 0 aromatic heterocycles. The summed E-state index contributed by atoms with van der Waals surface area (Å²) >= 11 is 0. The predicted molar refractivity (Wildman–Crippen MR) is 70.4 cm³/mol. The van der Waals surface area contributed by atoms with Gasteiger partial charge in [0.1, 0.15) is 0 Å². The molecule has 2 fully saturated rings. The summed E-state index contributed by atoms with van der Waals surface area (Å²) in [7, 11) is 1.72. The van der Waals surface area contributed by atoms with Gasteiger partial charge in [-0.15, -0.1) is 0 Å². The molecule has 1 aliphatic carbocycles. The zero-order chi connectivity index (χ0) is 13.2.